The Labute approximate surface area is 198 Å². The first-order valence-corrected chi connectivity index (χ1v) is 11.3. The topological polar surface area (TPSA) is 106 Å². The predicted molar refractivity (Wildman–Crippen MR) is 125 cm³/mol. The molecule has 0 aromatic carbocycles. The van der Waals surface area contributed by atoms with E-state index in [9.17, 15) is 14.4 Å². The van der Waals surface area contributed by atoms with Gasteiger partial charge in [-0.2, -0.15) is 0 Å². The highest BCUT2D eigenvalue weighted by atomic mass is 16.4. The van der Waals surface area contributed by atoms with Gasteiger partial charge < -0.3 is 23.0 Å². The van der Waals surface area contributed by atoms with E-state index >= 15 is 0 Å². The van der Waals surface area contributed by atoms with Gasteiger partial charge in [0.1, 0.15) is 11.3 Å². The van der Waals surface area contributed by atoms with Crippen LogP contribution in [0.5, 0.6) is 0 Å². The van der Waals surface area contributed by atoms with Gasteiger partial charge >= 0.3 is 0 Å². The van der Waals surface area contributed by atoms with E-state index in [2.05, 4.69) is 4.98 Å². The minimum atomic E-state index is -0.251. The van der Waals surface area contributed by atoms with Crippen molar-refractivity contribution >= 4 is 28.5 Å². The summed E-state index contributed by atoms with van der Waals surface area (Å²) in [5.41, 5.74) is 1.68. The number of piperazine rings is 1. The number of hydrogen-bond acceptors (Lipinski definition) is 6. The molecule has 0 atom stereocenters. The molecule has 6 rings (SSSR count). The van der Waals surface area contributed by atoms with E-state index in [1.807, 2.05) is 28.8 Å². The van der Waals surface area contributed by atoms with Crippen LogP contribution in [0.15, 0.2) is 80.8 Å². The number of aromatic nitrogens is 3. The molecular weight excluding hydrogens is 450 g/mol. The molecule has 0 radical (unpaired) electrons. The van der Waals surface area contributed by atoms with E-state index in [-0.39, 0.29) is 35.4 Å². The third-order valence-electron chi connectivity index (χ3n) is 6.27. The van der Waals surface area contributed by atoms with Gasteiger partial charge in [-0.25, -0.2) is 4.98 Å². The Balaban J connectivity index is 1.20. The molecule has 10 nitrogen and oxygen atoms in total. The minimum Gasteiger partial charge on any atom is -0.459 e. The van der Waals surface area contributed by atoms with E-state index in [4.69, 9.17) is 8.83 Å². The van der Waals surface area contributed by atoms with Crippen LogP contribution in [0.4, 0.5) is 0 Å². The van der Waals surface area contributed by atoms with Crippen molar-refractivity contribution in [3.63, 3.8) is 0 Å². The van der Waals surface area contributed by atoms with Gasteiger partial charge in [-0.15, -0.1) is 0 Å². The number of pyridine rings is 1. The maximum Gasteiger partial charge on any atom is 0.289 e. The van der Waals surface area contributed by atoms with Gasteiger partial charge in [-0.1, -0.05) is 0 Å². The molecule has 0 bridgehead atoms. The zero-order valence-electron chi connectivity index (χ0n) is 18.7. The van der Waals surface area contributed by atoms with Crippen molar-refractivity contribution in [3.05, 3.63) is 94.8 Å². The molecule has 5 aromatic heterocycles. The molecule has 2 amide bonds. The van der Waals surface area contributed by atoms with Crippen molar-refractivity contribution in [2.75, 3.05) is 26.2 Å². The molecule has 10 heteroatoms. The van der Waals surface area contributed by atoms with Crippen molar-refractivity contribution < 1.29 is 18.4 Å². The number of carbonyl (C=O) groups excluding carboxylic acids is 2. The maximum absolute atomic E-state index is 13.1. The van der Waals surface area contributed by atoms with E-state index in [1.165, 1.54) is 6.26 Å². The Kier molecular flexibility index (Phi) is 4.98. The lowest BCUT2D eigenvalue weighted by Crippen LogP contribution is -2.50. The predicted octanol–water partition coefficient (Wildman–Crippen LogP) is 2.48. The van der Waals surface area contributed by atoms with Crippen molar-refractivity contribution in [2.24, 2.45) is 0 Å². The lowest BCUT2D eigenvalue weighted by atomic mass is 10.2. The molecular formula is C25H21N5O5. The first kappa shape index (κ1) is 21.0. The van der Waals surface area contributed by atoms with Gasteiger partial charge in [-0.05, 0) is 48.5 Å². The van der Waals surface area contributed by atoms with Gasteiger partial charge in [0.2, 0.25) is 0 Å². The number of rotatable bonds is 4. The van der Waals surface area contributed by atoms with E-state index < -0.39 is 0 Å². The van der Waals surface area contributed by atoms with E-state index in [0.29, 0.717) is 43.1 Å². The molecule has 0 unspecified atom stereocenters. The number of amides is 2. The zero-order chi connectivity index (χ0) is 23.9. The highest BCUT2D eigenvalue weighted by Crippen LogP contribution is 2.18. The fraction of sp³-hybridized carbons (Fsp3) is 0.200. The Morgan fingerprint density at radius 3 is 2.34 bits per heavy atom. The molecule has 1 aliphatic heterocycles. The number of carbonyl (C=O) groups is 2. The molecule has 35 heavy (non-hydrogen) atoms. The summed E-state index contributed by atoms with van der Waals surface area (Å²) in [5.74, 6) is 0.521. The van der Waals surface area contributed by atoms with Crippen LogP contribution in [-0.2, 0) is 6.54 Å². The molecule has 176 valence electrons. The standard InChI is InChI=1S/C25H21N5O5/c31-23-19-5-2-10-29(19)18-4-1-9-26-22(18)30(23)16-17-7-8-21(35-17)25(33)28-13-11-27(12-14-28)24(32)20-6-3-15-34-20/h1-10,15H,11-14,16H2. The summed E-state index contributed by atoms with van der Waals surface area (Å²) in [6.45, 7) is 1.74. The minimum absolute atomic E-state index is 0.146. The summed E-state index contributed by atoms with van der Waals surface area (Å²) in [6.07, 6.45) is 4.93. The van der Waals surface area contributed by atoms with Gasteiger partial charge in [0, 0.05) is 38.6 Å². The largest absolute Gasteiger partial charge is 0.459 e. The third-order valence-corrected chi connectivity index (χ3v) is 6.27. The molecule has 1 fully saturated rings. The van der Waals surface area contributed by atoms with Crippen LogP contribution in [-0.4, -0.2) is 61.7 Å². The van der Waals surface area contributed by atoms with Crippen LogP contribution in [0.1, 0.15) is 26.9 Å². The molecule has 5 aromatic rings. The Morgan fingerprint density at radius 2 is 1.60 bits per heavy atom. The number of fused-ring (bicyclic) bond motifs is 3. The Bertz CT molecular complexity index is 1600. The van der Waals surface area contributed by atoms with Crippen LogP contribution in [0, 0.1) is 0 Å². The molecule has 6 heterocycles. The Morgan fingerprint density at radius 1 is 0.857 bits per heavy atom. The molecule has 1 saturated heterocycles. The summed E-state index contributed by atoms with van der Waals surface area (Å²) < 4.78 is 14.4. The Hall–Kier alpha value is -4.60. The second-order valence-electron chi connectivity index (χ2n) is 8.33. The highest BCUT2D eigenvalue weighted by molar-refractivity contribution is 5.93. The zero-order valence-corrected chi connectivity index (χ0v) is 18.7. The summed E-state index contributed by atoms with van der Waals surface area (Å²) in [6, 6.07) is 13.9. The van der Waals surface area contributed by atoms with Crippen molar-refractivity contribution in [1.29, 1.82) is 0 Å². The van der Waals surface area contributed by atoms with Crippen LogP contribution in [0.3, 0.4) is 0 Å². The van der Waals surface area contributed by atoms with Crippen molar-refractivity contribution in [2.45, 2.75) is 6.54 Å². The van der Waals surface area contributed by atoms with Crippen LogP contribution in [0.25, 0.3) is 16.7 Å². The monoisotopic (exact) mass is 471 g/mol. The lowest BCUT2D eigenvalue weighted by Gasteiger charge is -2.33. The number of hydrogen-bond donors (Lipinski definition) is 0. The third kappa shape index (κ3) is 3.59. The second-order valence-corrected chi connectivity index (χ2v) is 8.33. The molecule has 0 N–H and O–H groups in total. The summed E-state index contributed by atoms with van der Waals surface area (Å²) in [5, 5.41) is 0. The summed E-state index contributed by atoms with van der Waals surface area (Å²) in [7, 11) is 0. The smallest absolute Gasteiger partial charge is 0.289 e. The van der Waals surface area contributed by atoms with Crippen LogP contribution in [0.2, 0.25) is 0 Å². The number of furan rings is 2. The van der Waals surface area contributed by atoms with Crippen molar-refractivity contribution in [3.8, 4) is 0 Å². The highest BCUT2D eigenvalue weighted by Gasteiger charge is 2.28. The molecule has 0 saturated carbocycles. The second kappa shape index (κ2) is 8.32. The normalized spacial score (nSPS) is 14.2. The van der Waals surface area contributed by atoms with Gasteiger partial charge in [0.15, 0.2) is 17.2 Å². The first-order valence-electron chi connectivity index (χ1n) is 11.3. The summed E-state index contributed by atoms with van der Waals surface area (Å²) >= 11 is 0. The molecule has 1 aliphatic rings. The molecule has 0 spiro atoms. The fourth-order valence-electron chi connectivity index (χ4n) is 4.49. The SMILES string of the molecule is O=C(c1ccco1)N1CCN(C(=O)c2ccc(Cn3c(=O)c4cccn4c4cccnc43)o2)CC1. The summed E-state index contributed by atoms with van der Waals surface area (Å²) in [4.78, 5) is 46.3. The average molecular weight is 471 g/mol. The number of nitrogens with zero attached hydrogens (tertiary/aromatic N) is 5. The molecule has 0 aliphatic carbocycles. The quantitative estimate of drug-likeness (QED) is 0.399. The van der Waals surface area contributed by atoms with Crippen LogP contribution < -0.4 is 5.56 Å². The fourth-order valence-corrected chi connectivity index (χ4v) is 4.49. The first-order chi connectivity index (χ1) is 17.1. The van der Waals surface area contributed by atoms with Gasteiger partial charge in [0.25, 0.3) is 17.4 Å². The lowest BCUT2D eigenvalue weighted by molar-refractivity contribution is 0.0501. The van der Waals surface area contributed by atoms with Crippen LogP contribution >= 0.6 is 0 Å². The average Bonchev–Trinajstić information content (AvgIpc) is 3.68. The van der Waals surface area contributed by atoms with Gasteiger partial charge in [0.05, 0.1) is 18.3 Å². The maximum atomic E-state index is 13.1. The van der Waals surface area contributed by atoms with E-state index in [1.54, 1.807) is 50.9 Å². The van der Waals surface area contributed by atoms with Crippen molar-refractivity contribution in [1.82, 2.24) is 23.8 Å². The van der Waals surface area contributed by atoms with Gasteiger partial charge in [-0.3, -0.25) is 19.0 Å². The van der Waals surface area contributed by atoms with E-state index in [0.717, 1.165) is 5.52 Å².